The fourth-order valence-corrected chi connectivity index (χ4v) is 3.67. The van der Waals surface area contributed by atoms with E-state index in [1.807, 2.05) is 6.07 Å². The summed E-state index contributed by atoms with van der Waals surface area (Å²) in [4.78, 5) is 4.75. The molecule has 106 valence electrons. The quantitative estimate of drug-likeness (QED) is 0.547. The van der Waals surface area contributed by atoms with Crippen LogP contribution in [0.2, 0.25) is 0 Å². The molecule has 1 unspecified atom stereocenters. The fourth-order valence-electron chi connectivity index (χ4n) is 3.26. The minimum absolute atomic E-state index is 0.238. The first-order valence-corrected chi connectivity index (χ1v) is 8.25. The average Bonchev–Trinajstić information content (AvgIpc) is 2.76. The van der Waals surface area contributed by atoms with Crippen LogP contribution in [0.25, 0.3) is 10.9 Å². The number of aromatic nitrogens is 1. The second-order valence-electron chi connectivity index (χ2n) is 5.97. The molecule has 0 saturated heterocycles. The lowest BCUT2D eigenvalue weighted by Gasteiger charge is -2.20. The molecule has 1 heterocycles. The molecule has 2 heteroatoms. The smallest absolute Gasteiger partial charge is 0.0705 e. The summed E-state index contributed by atoms with van der Waals surface area (Å²) in [5.41, 5.74) is 2.21. The lowest BCUT2D eigenvalue weighted by atomic mass is 9.93. The van der Waals surface area contributed by atoms with Gasteiger partial charge in [0.15, 0.2) is 0 Å². The lowest BCUT2D eigenvalue weighted by molar-refractivity contribution is 0.434. The molecule has 1 aromatic heterocycles. The molecule has 1 aliphatic rings. The highest BCUT2D eigenvalue weighted by Crippen LogP contribution is 2.30. The topological polar surface area (TPSA) is 12.9 Å². The van der Waals surface area contributed by atoms with Gasteiger partial charge in [-0.25, -0.2) is 0 Å². The Morgan fingerprint density at radius 1 is 1.00 bits per heavy atom. The number of nitrogens with zero attached hydrogens (tertiary/aromatic N) is 1. The molecular weight excluding hydrogens is 266 g/mol. The Balaban J connectivity index is 1.71. The van der Waals surface area contributed by atoms with E-state index in [-0.39, 0.29) is 5.38 Å². The van der Waals surface area contributed by atoms with Gasteiger partial charge in [0.2, 0.25) is 0 Å². The number of para-hydroxylation sites is 1. The van der Waals surface area contributed by atoms with E-state index < -0.39 is 0 Å². The fraction of sp³-hybridized carbons (Fsp3) is 0.500. The van der Waals surface area contributed by atoms with Gasteiger partial charge in [-0.2, -0.15) is 0 Å². The zero-order valence-corrected chi connectivity index (χ0v) is 12.6. The normalized spacial score (nSPS) is 18.9. The largest absolute Gasteiger partial charge is 0.253 e. The molecule has 0 spiro atoms. The molecule has 0 aliphatic heterocycles. The summed E-state index contributed by atoms with van der Waals surface area (Å²) >= 11 is 6.68. The molecule has 1 nitrogen and oxygen atoms in total. The highest BCUT2D eigenvalue weighted by Gasteiger charge is 2.21. The molecule has 0 radical (unpaired) electrons. The Morgan fingerprint density at radius 3 is 2.55 bits per heavy atom. The number of rotatable bonds is 3. The molecule has 2 aromatic rings. The Bertz CT molecular complexity index is 558. The Morgan fingerprint density at radius 2 is 1.75 bits per heavy atom. The van der Waals surface area contributed by atoms with Gasteiger partial charge in [-0.15, -0.1) is 11.6 Å². The summed E-state index contributed by atoms with van der Waals surface area (Å²) in [5.74, 6) is 0.674. The third-order valence-corrected chi connectivity index (χ3v) is 4.98. The minimum Gasteiger partial charge on any atom is -0.253 e. The van der Waals surface area contributed by atoms with Gasteiger partial charge in [-0.1, -0.05) is 49.9 Å². The van der Waals surface area contributed by atoms with Gasteiger partial charge in [0, 0.05) is 22.9 Å². The van der Waals surface area contributed by atoms with E-state index in [1.165, 1.54) is 43.9 Å². The van der Waals surface area contributed by atoms with Gasteiger partial charge >= 0.3 is 0 Å². The summed E-state index contributed by atoms with van der Waals surface area (Å²) in [5, 5.41) is 1.44. The van der Waals surface area contributed by atoms with Crippen LogP contribution in [0.1, 0.15) is 44.2 Å². The van der Waals surface area contributed by atoms with Gasteiger partial charge < -0.3 is 0 Å². The monoisotopic (exact) mass is 287 g/mol. The molecular formula is C18H22ClN. The van der Waals surface area contributed by atoms with E-state index in [2.05, 4.69) is 30.3 Å². The molecule has 0 N–H and O–H groups in total. The summed E-state index contributed by atoms with van der Waals surface area (Å²) in [6.45, 7) is 0. The van der Waals surface area contributed by atoms with Crippen molar-refractivity contribution in [1.29, 1.82) is 0 Å². The highest BCUT2D eigenvalue weighted by molar-refractivity contribution is 6.20. The first-order valence-electron chi connectivity index (χ1n) is 7.82. The van der Waals surface area contributed by atoms with E-state index in [4.69, 9.17) is 16.6 Å². The molecule has 20 heavy (non-hydrogen) atoms. The van der Waals surface area contributed by atoms with Crippen molar-refractivity contribution in [2.24, 2.45) is 5.92 Å². The van der Waals surface area contributed by atoms with Gasteiger partial charge in [-0.3, -0.25) is 4.98 Å². The molecule has 1 atom stereocenters. The Hall–Kier alpha value is -1.08. The zero-order valence-electron chi connectivity index (χ0n) is 11.9. The van der Waals surface area contributed by atoms with Crippen molar-refractivity contribution in [3.05, 3.63) is 42.1 Å². The van der Waals surface area contributed by atoms with E-state index in [0.717, 1.165) is 17.6 Å². The van der Waals surface area contributed by atoms with Crippen LogP contribution in [0.15, 0.2) is 36.4 Å². The van der Waals surface area contributed by atoms with E-state index in [9.17, 15) is 0 Å². The van der Waals surface area contributed by atoms with Crippen LogP contribution in [0, 0.1) is 5.92 Å². The molecule has 0 bridgehead atoms. The number of benzene rings is 1. The van der Waals surface area contributed by atoms with Crippen molar-refractivity contribution in [2.45, 2.75) is 50.3 Å². The van der Waals surface area contributed by atoms with Gasteiger partial charge in [-0.05, 0) is 30.9 Å². The van der Waals surface area contributed by atoms with Crippen LogP contribution < -0.4 is 0 Å². The number of halogens is 1. The molecule has 0 amide bonds. The number of fused-ring (bicyclic) bond motifs is 1. The summed E-state index contributed by atoms with van der Waals surface area (Å²) in [6.07, 6.45) is 8.95. The molecule has 1 aromatic carbocycles. The van der Waals surface area contributed by atoms with Crippen molar-refractivity contribution in [2.75, 3.05) is 0 Å². The maximum absolute atomic E-state index is 6.68. The number of pyridine rings is 1. The lowest BCUT2D eigenvalue weighted by Crippen LogP contribution is -2.17. The average molecular weight is 288 g/mol. The van der Waals surface area contributed by atoms with Crippen LogP contribution in [-0.4, -0.2) is 10.4 Å². The third-order valence-electron chi connectivity index (χ3n) is 4.47. The number of hydrogen-bond donors (Lipinski definition) is 0. The van der Waals surface area contributed by atoms with Crippen LogP contribution in [-0.2, 0) is 6.42 Å². The number of alkyl halides is 1. The van der Waals surface area contributed by atoms with E-state index in [0.29, 0.717) is 5.92 Å². The third kappa shape index (κ3) is 3.32. The van der Waals surface area contributed by atoms with Crippen molar-refractivity contribution in [3.8, 4) is 0 Å². The van der Waals surface area contributed by atoms with E-state index in [1.54, 1.807) is 0 Å². The summed E-state index contributed by atoms with van der Waals surface area (Å²) in [7, 11) is 0. The van der Waals surface area contributed by atoms with Crippen LogP contribution >= 0.6 is 11.6 Å². The van der Waals surface area contributed by atoms with Gasteiger partial charge in [0.05, 0.1) is 5.52 Å². The standard InChI is InChI=1S/C18H22ClN/c19-17(14-7-3-1-2-4-8-14)13-16-12-11-15-9-5-6-10-18(15)20-16/h5-6,9-12,14,17H,1-4,7-8,13H2. The predicted molar refractivity (Wildman–Crippen MR) is 86.3 cm³/mol. The van der Waals surface area contributed by atoms with Crippen molar-refractivity contribution in [3.63, 3.8) is 0 Å². The summed E-state index contributed by atoms with van der Waals surface area (Å²) < 4.78 is 0. The Kier molecular flexibility index (Phi) is 4.57. The maximum atomic E-state index is 6.68. The second kappa shape index (κ2) is 6.58. The van der Waals surface area contributed by atoms with Crippen molar-refractivity contribution in [1.82, 2.24) is 4.98 Å². The van der Waals surface area contributed by atoms with Gasteiger partial charge in [0.1, 0.15) is 0 Å². The predicted octanol–water partition coefficient (Wildman–Crippen LogP) is 5.36. The highest BCUT2D eigenvalue weighted by atomic mass is 35.5. The van der Waals surface area contributed by atoms with Crippen molar-refractivity contribution >= 4 is 22.5 Å². The molecule has 1 fully saturated rings. The Labute approximate surface area is 126 Å². The van der Waals surface area contributed by atoms with E-state index >= 15 is 0 Å². The van der Waals surface area contributed by atoms with Gasteiger partial charge in [0.25, 0.3) is 0 Å². The zero-order chi connectivity index (χ0) is 13.8. The first kappa shape index (κ1) is 13.9. The first-order chi connectivity index (χ1) is 9.83. The maximum Gasteiger partial charge on any atom is 0.0705 e. The molecule has 1 saturated carbocycles. The molecule has 1 aliphatic carbocycles. The van der Waals surface area contributed by atoms with Crippen LogP contribution in [0.3, 0.4) is 0 Å². The number of hydrogen-bond acceptors (Lipinski definition) is 1. The molecule has 3 rings (SSSR count). The minimum atomic E-state index is 0.238. The van der Waals surface area contributed by atoms with Crippen molar-refractivity contribution < 1.29 is 0 Å². The van der Waals surface area contributed by atoms with Crippen LogP contribution in [0.5, 0.6) is 0 Å². The van der Waals surface area contributed by atoms with Crippen LogP contribution in [0.4, 0.5) is 0 Å². The summed E-state index contributed by atoms with van der Waals surface area (Å²) in [6, 6.07) is 12.6. The SMILES string of the molecule is ClC(Cc1ccc2ccccc2n1)C1CCCCCC1. The second-order valence-corrected chi connectivity index (χ2v) is 6.53.